The zero-order valence-corrected chi connectivity index (χ0v) is 22.2. The van der Waals surface area contributed by atoms with Crippen molar-refractivity contribution in [1.29, 1.82) is 0 Å². The van der Waals surface area contributed by atoms with Gasteiger partial charge in [-0.15, -0.1) is 0 Å². The molecule has 4 aromatic rings. The fourth-order valence-electron chi connectivity index (χ4n) is 6.15. The van der Waals surface area contributed by atoms with Gasteiger partial charge in [-0.3, -0.25) is 19.5 Å². The first kappa shape index (κ1) is 25.2. The molecule has 2 atom stereocenters. The average molecular weight is 524 g/mol. The van der Waals surface area contributed by atoms with Crippen molar-refractivity contribution in [3.05, 3.63) is 89.9 Å². The fraction of sp³-hybridized carbons (Fsp3) is 0.355. The van der Waals surface area contributed by atoms with Gasteiger partial charge in [0.25, 0.3) is 0 Å². The van der Waals surface area contributed by atoms with Crippen LogP contribution in [-0.4, -0.2) is 56.9 Å². The SMILES string of the molecule is CC(=O)N1CCC2CCC(CN(C(=O)Cc3noc4ccccc34)Cc3ccccc31)N2Cc1cccnc1. The zero-order valence-electron chi connectivity index (χ0n) is 22.2. The predicted molar refractivity (Wildman–Crippen MR) is 149 cm³/mol. The summed E-state index contributed by atoms with van der Waals surface area (Å²) in [5.41, 5.74) is 4.35. The number of hydrogen-bond acceptors (Lipinski definition) is 6. The van der Waals surface area contributed by atoms with Crippen LogP contribution in [0.4, 0.5) is 5.69 Å². The van der Waals surface area contributed by atoms with Crippen LogP contribution < -0.4 is 4.90 Å². The van der Waals surface area contributed by atoms with Crippen molar-refractivity contribution in [2.75, 3.05) is 18.0 Å². The Morgan fingerprint density at radius 3 is 2.64 bits per heavy atom. The number of carbonyl (C=O) groups excluding carboxylic acids is 2. The Labute approximate surface area is 228 Å². The van der Waals surface area contributed by atoms with Crippen molar-refractivity contribution in [2.45, 2.75) is 57.8 Å². The lowest BCUT2D eigenvalue weighted by atomic mass is 10.1. The van der Waals surface area contributed by atoms with Crippen LogP contribution in [0.2, 0.25) is 0 Å². The van der Waals surface area contributed by atoms with E-state index in [0.717, 1.165) is 48.0 Å². The fourth-order valence-corrected chi connectivity index (χ4v) is 6.15. The van der Waals surface area contributed by atoms with Crippen LogP contribution in [0, 0.1) is 0 Å². The summed E-state index contributed by atoms with van der Waals surface area (Å²) in [6, 6.07) is 20.2. The molecular weight excluding hydrogens is 490 g/mol. The van der Waals surface area contributed by atoms with Crippen LogP contribution in [0.1, 0.15) is 43.0 Å². The highest BCUT2D eigenvalue weighted by Crippen LogP contribution is 2.33. The van der Waals surface area contributed by atoms with Crippen molar-refractivity contribution in [1.82, 2.24) is 19.9 Å². The number of nitrogens with zero attached hydrogens (tertiary/aromatic N) is 5. The van der Waals surface area contributed by atoms with E-state index in [9.17, 15) is 9.59 Å². The maximum atomic E-state index is 14.0. The molecule has 4 heterocycles. The molecular formula is C31H33N5O3. The van der Waals surface area contributed by atoms with E-state index in [1.165, 1.54) is 0 Å². The first-order chi connectivity index (χ1) is 19.1. The van der Waals surface area contributed by atoms with Crippen LogP contribution in [0.3, 0.4) is 0 Å². The van der Waals surface area contributed by atoms with Crippen LogP contribution in [0.15, 0.2) is 77.6 Å². The summed E-state index contributed by atoms with van der Waals surface area (Å²) >= 11 is 0. The number of para-hydroxylation sites is 2. The molecule has 2 aliphatic rings. The summed E-state index contributed by atoms with van der Waals surface area (Å²) in [4.78, 5) is 37.5. The molecule has 8 heteroatoms. The lowest BCUT2D eigenvalue weighted by molar-refractivity contribution is -0.132. The van der Waals surface area contributed by atoms with Crippen LogP contribution in [0.25, 0.3) is 11.0 Å². The van der Waals surface area contributed by atoms with Gasteiger partial charge in [-0.1, -0.05) is 41.6 Å². The lowest BCUT2D eigenvalue weighted by Gasteiger charge is -2.33. The number of amides is 2. The van der Waals surface area contributed by atoms with Gasteiger partial charge in [0, 0.05) is 68.7 Å². The first-order valence-electron chi connectivity index (χ1n) is 13.7. The van der Waals surface area contributed by atoms with Gasteiger partial charge in [0.15, 0.2) is 5.58 Å². The second-order valence-corrected chi connectivity index (χ2v) is 10.6. The van der Waals surface area contributed by atoms with Crippen molar-refractivity contribution < 1.29 is 14.1 Å². The van der Waals surface area contributed by atoms with E-state index in [1.807, 2.05) is 70.6 Å². The molecule has 8 nitrogen and oxygen atoms in total. The van der Waals surface area contributed by atoms with E-state index in [4.69, 9.17) is 4.52 Å². The maximum absolute atomic E-state index is 14.0. The van der Waals surface area contributed by atoms with Crippen molar-refractivity contribution in [3.8, 4) is 0 Å². The number of aromatic nitrogens is 2. The average Bonchev–Trinajstić information content (AvgIpc) is 3.52. The Morgan fingerprint density at radius 2 is 1.79 bits per heavy atom. The Bertz CT molecular complexity index is 1470. The third kappa shape index (κ3) is 5.29. The zero-order chi connectivity index (χ0) is 26.8. The normalized spacial score (nSPS) is 20.0. The highest BCUT2D eigenvalue weighted by atomic mass is 16.5. The molecule has 39 heavy (non-hydrogen) atoms. The molecule has 0 radical (unpaired) electrons. The van der Waals surface area contributed by atoms with E-state index in [0.29, 0.717) is 37.0 Å². The Morgan fingerprint density at radius 1 is 0.974 bits per heavy atom. The number of rotatable bonds is 4. The molecule has 2 bridgehead atoms. The molecule has 2 amide bonds. The quantitative estimate of drug-likeness (QED) is 0.389. The minimum atomic E-state index is 0.00209. The molecule has 0 N–H and O–H groups in total. The second-order valence-electron chi connectivity index (χ2n) is 10.6. The minimum Gasteiger partial charge on any atom is -0.356 e. The molecule has 6 rings (SSSR count). The molecule has 0 saturated carbocycles. The van der Waals surface area contributed by atoms with Crippen LogP contribution in [-0.2, 0) is 29.1 Å². The molecule has 2 aliphatic heterocycles. The van der Waals surface area contributed by atoms with Gasteiger partial charge in [-0.25, -0.2) is 0 Å². The number of fused-ring (bicyclic) bond motifs is 4. The third-order valence-electron chi connectivity index (χ3n) is 8.12. The Kier molecular flexibility index (Phi) is 7.11. The van der Waals surface area contributed by atoms with Crippen molar-refractivity contribution in [2.24, 2.45) is 0 Å². The summed E-state index contributed by atoms with van der Waals surface area (Å²) in [7, 11) is 0. The number of carbonyl (C=O) groups is 2. The van der Waals surface area contributed by atoms with Gasteiger partial charge in [-0.2, -0.15) is 0 Å². The van der Waals surface area contributed by atoms with Gasteiger partial charge >= 0.3 is 0 Å². The summed E-state index contributed by atoms with van der Waals surface area (Å²) in [6.07, 6.45) is 6.79. The summed E-state index contributed by atoms with van der Waals surface area (Å²) in [5.74, 6) is 0.0178. The van der Waals surface area contributed by atoms with Crippen molar-refractivity contribution in [3.63, 3.8) is 0 Å². The summed E-state index contributed by atoms with van der Waals surface area (Å²) in [5, 5.41) is 5.09. The van der Waals surface area contributed by atoms with Crippen LogP contribution in [0.5, 0.6) is 0 Å². The molecule has 200 valence electrons. The minimum absolute atomic E-state index is 0.00209. The molecule has 0 aliphatic carbocycles. The van der Waals surface area contributed by atoms with Crippen molar-refractivity contribution >= 4 is 28.5 Å². The number of hydrogen-bond donors (Lipinski definition) is 0. The maximum Gasteiger partial charge on any atom is 0.229 e. The predicted octanol–water partition coefficient (Wildman–Crippen LogP) is 4.58. The topological polar surface area (TPSA) is 82.8 Å². The number of benzene rings is 2. The Balaban J connectivity index is 1.35. The number of pyridine rings is 1. The Hall–Kier alpha value is -4.04. The van der Waals surface area contributed by atoms with E-state index in [2.05, 4.69) is 21.1 Å². The smallest absolute Gasteiger partial charge is 0.229 e. The van der Waals surface area contributed by atoms with Gasteiger partial charge in [0.05, 0.1) is 6.42 Å². The lowest BCUT2D eigenvalue weighted by Crippen LogP contribution is -2.45. The standard InChI is InChI=1S/C31H33N5O3/c1-22(37)35-16-14-25-12-13-26(36(25)19-23-7-6-15-32-18-23)21-34(20-24-8-2-4-10-29(24)35)31(38)17-28-27-9-3-5-11-30(27)39-33-28/h2-11,15,18,25-26H,12-14,16-17,19-21H2,1H3. The highest BCUT2D eigenvalue weighted by molar-refractivity contribution is 5.92. The number of anilines is 1. The molecule has 1 saturated heterocycles. The largest absolute Gasteiger partial charge is 0.356 e. The van der Waals surface area contributed by atoms with E-state index in [1.54, 1.807) is 13.1 Å². The monoisotopic (exact) mass is 523 g/mol. The summed E-state index contributed by atoms with van der Waals surface area (Å²) in [6.45, 7) is 4.08. The van der Waals surface area contributed by atoms with E-state index in [-0.39, 0.29) is 24.3 Å². The van der Waals surface area contributed by atoms with Crippen LogP contribution >= 0.6 is 0 Å². The molecule has 1 fully saturated rings. The van der Waals surface area contributed by atoms with E-state index < -0.39 is 0 Å². The van der Waals surface area contributed by atoms with Gasteiger partial charge < -0.3 is 14.3 Å². The van der Waals surface area contributed by atoms with Gasteiger partial charge in [-0.05, 0) is 54.7 Å². The third-order valence-corrected chi connectivity index (χ3v) is 8.12. The van der Waals surface area contributed by atoms with E-state index >= 15 is 0 Å². The summed E-state index contributed by atoms with van der Waals surface area (Å²) < 4.78 is 5.49. The van der Waals surface area contributed by atoms with Gasteiger partial charge in [0.1, 0.15) is 5.69 Å². The highest BCUT2D eigenvalue weighted by Gasteiger charge is 2.37. The molecule has 2 aromatic carbocycles. The van der Waals surface area contributed by atoms with Gasteiger partial charge in [0.2, 0.25) is 11.8 Å². The first-order valence-corrected chi connectivity index (χ1v) is 13.7. The molecule has 0 spiro atoms. The second kappa shape index (κ2) is 11.0. The molecule has 2 unspecified atom stereocenters. The molecule has 2 aromatic heterocycles.